The highest BCUT2D eigenvalue weighted by Gasteiger charge is 2.33. The fraction of sp³-hybridized carbons (Fsp3) is 0.400. The van der Waals surface area contributed by atoms with Crippen LogP contribution in [0.2, 0.25) is 5.02 Å². The van der Waals surface area contributed by atoms with Crippen LogP contribution in [0.15, 0.2) is 48.5 Å². The lowest BCUT2D eigenvalue weighted by Crippen LogP contribution is -2.51. The maximum absolute atomic E-state index is 13.2. The molecule has 1 saturated carbocycles. The van der Waals surface area contributed by atoms with Crippen molar-refractivity contribution in [3.63, 3.8) is 0 Å². The van der Waals surface area contributed by atoms with E-state index in [2.05, 4.69) is 5.32 Å². The van der Waals surface area contributed by atoms with E-state index in [0.717, 1.165) is 31.2 Å². The van der Waals surface area contributed by atoms with Crippen LogP contribution in [-0.2, 0) is 6.42 Å². The standard InChI is InChI=1S/C20H23ClFNO2/c21-15-5-2-7-17(13-15)25-19-9-3-8-18(20(19)24)23-11-10-14-4-1-6-16(22)12-14/h1-2,4-7,12-13,18-20,23-24H,3,8-11H2/t18-,19+,20+/m0/s1. The lowest BCUT2D eigenvalue weighted by atomic mass is 9.89. The summed E-state index contributed by atoms with van der Waals surface area (Å²) in [6.45, 7) is 0.690. The minimum Gasteiger partial charge on any atom is -0.488 e. The molecule has 0 aliphatic heterocycles. The number of aliphatic hydroxyl groups excluding tert-OH is 1. The molecular weight excluding hydrogens is 341 g/mol. The van der Waals surface area contributed by atoms with E-state index in [1.807, 2.05) is 18.2 Å². The first-order valence-corrected chi connectivity index (χ1v) is 9.08. The highest BCUT2D eigenvalue weighted by molar-refractivity contribution is 6.30. The highest BCUT2D eigenvalue weighted by Crippen LogP contribution is 2.26. The zero-order valence-corrected chi connectivity index (χ0v) is 14.8. The van der Waals surface area contributed by atoms with E-state index in [0.29, 0.717) is 17.3 Å². The summed E-state index contributed by atoms with van der Waals surface area (Å²) in [4.78, 5) is 0. The second-order valence-corrected chi connectivity index (χ2v) is 6.91. The van der Waals surface area contributed by atoms with Gasteiger partial charge in [-0.1, -0.05) is 29.8 Å². The maximum Gasteiger partial charge on any atom is 0.126 e. The minimum atomic E-state index is -0.583. The number of hydrogen-bond donors (Lipinski definition) is 2. The van der Waals surface area contributed by atoms with Crippen molar-refractivity contribution >= 4 is 11.6 Å². The Kier molecular flexibility index (Phi) is 6.29. The number of halogens is 2. The van der Waals surface area contributed by atoms with Gasteiger partial charge in [-0.05, 0) is 68.1 Å². The molecule has 0 saturated heterocycles. The second-order valence-electron chi connectivity index (χ2n) is 6.48. The molecule has 0 amide bonds. The fourth-order valence-corrected chi connectivity index (χ4v) is 3.48. The number of nitrogens with one attached hydrogen (secondary N) is 1. The lowest BCUT2D eigenvalue weighted by Gasteiger charge is -2.35. The van der Waals surface area contributed by atoms with E-state index in [1.165, 1.54) is 6.07 Å². The maximum atomic E-state index is 13.2. The normalized spacial score (nSPS) is 23.4. The molecule has 0 aromatic heterocycles. The van der Waals surface area contributed by atoms with Crippen LogP contribution in [0.3, 0.4) is 0 Å². The number of ether oxygens (including phenoxy) is 1. The summed E-state index contributed by atoms with van der Waals surface area (Å²) in [5.74, 6) is 0.460. The van der Waals surface area contributed by atoms with Crippen LogP contribution in [0.5, 0.6) is 5.75 Å². The largest absolute Gasteiger partial charge is 0.488 e. The van der Waals surface area contributed by atoms with E-state index < -0.39 is 6.10 Å². The topological polar surface area (TPSA) is 41.5 Å². The smallest absolute Gasteiger partial charge is 0.126 e. The zero-order valence-electron chi connectivity index (χ0n) is 14.0. The summed E-state index contributed by atoms with van der Waals surface area (Å²) in [6.07, 6.45) is 2.59. The van der Waals surface area contributed by atoms with Crippen LogP contribution in [0.4, 0.5) is 4.39 Å². The van der Waals surface area contributed by atoms with Crippen molar-refractivity contribution in [2.24, 2.45) is 0 Å². The molecule has 25 heavy (non-hydrogen) atoms. The molecule has 2 aromatic rings. The molecule has 0 bridgehead atoms. The molecule has 2 aromatic carbocycles. The Hall–Kier alpha value is -1.62. The average molecular weight is 364 g/mol. The highest BCUT2D eigenvalue weighted by atomic mass is 35.5. The molecule has 134 valence electrons. The van der Waals surface area contributed by atoms with Gasteiger partial charge in [-0.15, -0.1) is 0 Å². The molecule has 3 nitrogen and oxygen atoms in total. The zero-order chi connectivity index (χ0) is 17.6. The van der Waals surface area contributed by atoms with E-state index >= 15 is 0 Å². The first-order valence-electron chi connectivity index (χ1n) is 8.70. The number of benzene rings is 2. The molecule has 0 spiro atoms. The van der Waals surface area contributed by atoms with Gasteiger partial charge >= 0.3 is 0 Å². The summed E-state index contributed by atoms with van der Waals surface area (Å²) in [5.41, 5.74) is 0.949. The Labute approximate surface area is 152 Å². The molecule has 2 N–H and O–H groups in total. The van der Waals surface area contributed by atoms with Gasteiger partial charge in [0.05, 0.1) is 0 Å². The molecule has 0 heterocycles. The monoisotopic (exact) mass is 363 g/mol. The van der Waals surface area contributed by atoms with Crippen molar-refractivity contribution in [3.8, 4) is 5.75 Å². The molecule has 0 radical (unpaired) electrons. The van der Waals surface area contributed by atoms with Crippen LogP contribution in [0, 0.1) is 5.82 Å². The van der Waals surface area contributed by atoms with E-state index in [9.17, 15) is 9.50 Å². The Morgan fingerprint density at radius 3 is 2.80 bits per heavy atom. The van der Waals surface area contributed by atoms with Crippen LogP contribution in [0.25, 0.3) is 0 Å². The number of hydrogen-bond acceptors (Lipinski definition) is 3. The molecule has 1 aliphatic rings. The Morgan fingerprint density at radius 2 is 2.00 bits per heavy atom. The molecular formula is C20H23ClFNO2. The molecule has 3 rings (SSSR count). The SMILES string of the molecule is O[C@@H]1[C@@H](NCCc2cccc(F)c2)CCC[C@H]1Oc1cccc(Cl)c1. The predicted octanol–water partition coefficient (Wildman–Crippen LogP) is 3.97. The average Bonchev–Trinajstić information content (AvgIpc) is 2.58. The van der Waals surface area contributed by atoms with E-state index in [1.54, 1.807) is 24.3 Å². The van der Waals surface area contributed by atoms with Crippen molar-refractivity contribution < 1.29 is 14.2 Å². The molecule has 0 unspecified atom stereocenters. The third-order valence-corrected chi connectivity index (χ3v) is 4.82. The minimum absolute atomic E-state index is 0.0218. The predicted molar refractivity (Wildman–Crippen MR) is 97.6 cm³/mol. The van der Waals surface area contributed by atoms with Crippen LogP contribution < -0.4 is 10.1 Å². The Bertz CT molecular complexity index is 697. The molecule has 5 heteroatoms. The lowest BCUT2D eigenvalue weighted by molar-refractivity contribution is -0.0151. The van der Waals surface area contributed by atoms with Crippen molar-refractivity contribution in [1.82, 2.24) is 5.32 Å². The molecule has 1 aliphatic carbocycles. The Balaban J connectivity index is 1.52. The summed E-state index contributed by atoms with van der Waals surface area (Å²) >= 11 is 5.98. The van der Waals surface area contributed by atoms with Crippen molar-refractivity contribution in [1.29, 1.82) is 0 Å². The van der Waals surface area contributed by atoms with Crippen LogP contribution in [-0.4, -0.2) is 29.9 Å². The number of rotatable bonds is 6. The molecule has 1 fully saturated rings. The first-order chi connectivity index (χ1) is 12.1. The fourth-order valence-electron chi connectivity index (χ4n) is 3.30. The van der Waals surface area contributed by atoms with Gasteiger partial charge in [0.1, 0.15) is 23.8 Å². The van der Waals surface area contributed by atoms with Crippen molar-refractivity contribution in [2.75, 3.05) is 6.54 Å². The number of aliphatic hydroxyl groups is 1. The van der Waals surface area contributed by atoms with Gasteiger partial charge in [-0.3, -0.25) is 0 Å². The summed E-state index contributed by atoms with van der Waals surface area (Å²) < 4.78 is 19.1. The first kappa shape index (κ1) is 18.2. The van der Waals surface area contributed by atoms with E-state index in [-0.39, 0.29) is 18.0 Å². The Morgan fingerprint density at radius 1 is 1.16 bits per heavy atom. The summed E-state index contributed by atoms with van der Waals surface area (Å²) in [6, 6.07) is 13.8. The van der Waals surface area contributed by atoms with Crippen LogP contribution >= 0.6 is 11.6 Å². The van der Waals surface area contributed by atoms with Crippen molar-refractivity contribution in [2.45, 2.75) is 43.9 Å². The summed E-state index contributed by atoms with van der Waals surface area (Å²) in [5, 5.41) is 14.6. The third-order valence-electron chi connectivity index (χ3n) is 4.59. The quantitative estimate of drug-likeness (QED) is 0.815. The molecule has 3 atom stereocenters. The van der Waals surface area contributed by atoms with Crippen LogP contribution in [0.1, 0.15) is 24.8 Å². The second kappa shape index (κ2) is 8.65. The van der Waals surface area contributed by atoms with Crippen molar-refractivity contribution in [3.05, 3.63) is 64.9 Å². The van der Waals surface area contributed by atoms with Gasteiger partial charge in [0.2, 0.25) is 0 Å². The summed E-state index contributed by atoms with van der Waals surface area (Å²) in [7, 11) is 0. The van der Waals surface area contributed by atoms with Gasteiger partial charge in [-0.25, -0.2) is 4.39 Å². The van der Waals surface area contributed by atoms with Gasteiger partial charge in [0, 0.05) is 11.1 Å². The van der Waals surface area contributed by atoms with Gasteiger partial charge < -0.3 is 15.2 Å². The van der Waals surface area contributed by atoms with Gasteiger partial charge in [-0.2, -0.15) is 0 Å². The van der Waals surface area contributed by atoms with Gasteiger partial charge in [0.15, 0.2) is 0 Å². The van der Waals surface area contributed by atoms with E-state index in [4.69, 9.17) is 16.3 Å². The van der Waals surface area contributed by atoms with Gasteiger partial charge in [0.25, 0.3) is 0 Å². The third kappa shape index (κ3) is 5.18.